The number of anilines is 1. The minimum Gasteiger partial charge on any atom is -0.480 e. The third kappa shape index (κ3) is 2.04. The lowest BCUT2D eigenvalue weighted by Gasteiger charge is -2.33. The molecule has 0 saturated carbocycles. The number of nitrogens with zero attached hydrogens (tertiary/aromatic N) is 3. The second kappa shape index (κ2) is 4.22. The number of aromatic nitrogens is 2. The molecule has 0 bridgehead atoms. The van der Waals surface area contributed by atoms with Gasteiger partial charge in [0.2, 0.25) is 5.95 Å². The number of carbonyl (C=O) groups is 1. The van der Waals surface area contributed by atoms with Crippen molar-refractivity contribution in [2.75, 3.05) is 24.5 Å². The molecule has 1 saturated heterocycles. The highest BCUT2D eigenvalue weighted by atomic mass is 16.4. The number of aliphatic carboxylic acids is 1. The zero-order valence-corrected chi connectivity index (χ0v) is 8.13. The van der Waals surface area contributed by atoms with Gasteiger partial charge in [0, 0.05) is 32.0 Å². The Morgan fingerprint density at radius 2 is 2.27 bits per heavy atom. The summed E-state index contributed by atoms with van der Waals surface area (Å²) in [6, 6.07) is 1.13. The summed E-state index contributed by atoms with van der Waals surface area (Å²) in [5.74, 6) is -0.374. The lowest BCUT2D eigenvalue weighted by Crippen LogP contribution is -2.55. The Kier molecular flexibility index (Phi) is 2.77. The molecular formula is C9H12N4O2. The molecule has 0 radical (unpaired) electrons. The van der Waals surface area contributed by atoms with Crippen molar-refractivity contribution in [3.8, 4) is 0 Å². The zero-order chi connectivity index (χ0) is 10.7. The molecule has 1 aromatic heterocycles. The molecular weight excluding hydrogens is 196 g/mol. The van der Waals surface area contributed by atoms with Crippen molar-refractivity contribution in [3.05, 3.63) is 18.5 Å². The van der Waals surface area contributed by atoms with E-state index in [4.69, 9.17) is 5.11 Å². The molecule has 1 aliphatic rings. The third-order valence-electron chi connectivity index (χ3n) is 2.34. The first-order valence-electron chi connectivity index (χ1n) is 4.76. The maximum Gasteiger partial charge on any atom is 0.327 e. The van der Waals surface area contributed by atoms with Crippen LogP contribution in [0.3, 0.4) is 0 Å². The SMILES string of the molecule is O=C(O)C1CNCCN1c1ncccn1. The minimum atomic E-state index is -0.852. The second-order valence-electron chi connectivity index (χ2n) is 3.30. The van der Waals surface area contributed by atoms with E-state index in [0.29, 0.717) is 19.0 Å². The topological polar surface area (TPSA) is 78.4 Å². The average Bonchev–Trinajstić information content (AvgIpc) is 2.30. The zero-order valence-electron chi connectivity index (χ0n) is 8.13. The van der Waals surface area contributed by atoms with Gasteiger partial charge < -0.3 is 15.3 Å². The predicted octanol–water partition coefficient (Wildman–Crippen LogP) is -0.661. The van der Waals surface area contributed by atoms with Crippen molar-refractivity contribution in [1.29, 1.82) is 0 Å². The molecule has 1 unspecified atom stereocenters. The number of hydrogen-bond acceptors (Lipinski definition) is 5. The Morgan fingerprint density at radius 3 is 2.93 bits per heavy atom. The van der Waals surface area contributed by atoms with Crippen LogP contribution in [0, 0.1) is 0 Å². The van der Waals surface area contributed by atoms with Crippen molar-refractivity contribution in [2.45, 2.75) is 6.04 Å². The summed E-state index contributed by atoms with van der Waals surface area (Å²) < 4.78 is 0. The molecule has 2 rings (SSSR count). The highest BCUT2D eigenvalue weighted by molar-refractivity contribution is 5.77. The number of carboxylic acid groups (broad SMARTS) is 1. The first-order valence-corrected chi connectivity index (χ1v) is 4.76. The van der Waals surface area contributed by atoms with Crippen LogP contribution in [0.2, 0.25) is 0 Å². The molecule has 2 N–H and O–H groups in total. The maximum atomic E-state index is 11.0. The molecule has 0 aliphatic carbocycles. The first-order chi connectivity index (χ1) is 7.29. The molecule has 1 fully saturated rings. The van der Waals surface area contributed by atoms with Crippen molar-refractivity contribution in [2.24, 2.45) is 0 Å². The van der Waals surface area contributed by atoms with Crippen molar-refractivity contribution in [1.82, 2.24) is 15.3 Å². The van der Waals surface area contributed by atoms with Crippen molar-refractivity contribution < 1.29 is 9.90 Å². The van der Waals surface area contributed by atoms with E-state index in [9.17, 15) is 4.79 Å². The molecule has 15 heavy (non-hydrogen) atoms. The standard InChI is InChI=1S/C9H12N4O2/c14-8(15)7-6-10-4-5-13(7)9-11-2-1-3-12-9/h1-3,7,10H,4-6H2,(H,14,15). The highest BCUT2D eigenvalue weighted by Gasteiger charge is 2.29. The lowest BCUT2D eigenvalue weighted by atomic mass is 10.2. The fraction of sp³-hybridized carbons (Fsp3) is 0.444. The predicted molar refractivity (Wildman–Crippen MR) is 53.7 cm³/mol. The van der Waals surface area contributed by atoms with E-state index in [1.165, 1.54) is 0 Å². The van der Waals surface area contributed by atoms with Crippen LogP contribution in [0.15, 0.2) is 18.5 Å². The van der Waals surface area contributed by atoms with E-state index in [2.05, 4.69) is 15.3 Å². The van der Waals surface area contributed by atoms with Crippen molar-refractivity contribution >= 4 is 11.9 Å². The molecule has 0 aromatic carbocycles. The Morgan fingerprint density at radius 1 is 1.53 bits per heavy atom. The molecule has 6 heteroatoms. The van der Waals surface area contributed by atoms with E-state index < -0.39 is 12.0 Å². The van der Waals surface area contributed by atoms with Gasteiger partial charge >= 0.3 is 5.97 Å². The normalized spacial score (nSPS) is 21.3. The smallest absolute Gasteiger partial charge is 0.327 e. The van der Waals surface area contributed by atoms with Gasteiger partial charge in [-0.25, -0.2) is 14.8 Å². The molecule has 2 heterocycles. The summed E-state index contributed by atoms with van der Waals surface area (Å²) in [6.07, 6.45) is 3.23. The first kappa shape index (κ1) is 9.85. The summed E-state index contributed by atoms with van der Waals surface area (Å²) in [6.45, 7) is 1.79. The van der Waals surface area contributed by atoms with Gasteiger partial charge in [-0.2, -0.15) is 0 Å². The third-order valence-corrected chi connectivity index (χ3v) is 2.34. The fourth-order valence-electron chi connectivity index (χ4n) is 1.60. The van der Waals surface area contributed by atoms with E-state index in [-0.39, 0.29) is 0 Å². The largest absolute Gasteiger partial charge is 0.480 e. The van der Waals surface area contributed by atoms with Crippen LogP contribution in [0.1, 0.15) is 0 Å². The average molecular weight is 208 g/mol. The summed E-state index contributed by atoms with van der Waals surface area (Å²) in [5.41, 5.74) is 0. The maximum absolute atomic E-state index is 11.0. The number of carboxylic acids is 1. The van der Waals surface area contributed by atoms with Crippen LogP contribution in [-0.2, 0) is 4.79 Å². The summed E-state index contributed by atoms with van der Waals surface area (Å²) in [5, 5.41) is 12.1. The van der Waals surface area contributed by atoms with E-state index >= 15 is 0 Å². The molecule has 80 valence electrons. The van der Waals surface area contributed by atoms with Gasteiger partial charge in [-0.3, -0.25) is 0 Å². The van der Waals surface area contributed by atoms with Crippen LogP contribution in [0.25, 0.3) is 0 Å². The number of hydrogen-bond donors (Lipinski definition) is 2. The summed E-state index contributed by atoms with van der Waals surface area (Å²) in [7, 11) is 0. The van der Waals surface area contributed by atoms with Crippen LogP contribution < -0.4 is 10.2 Å². The molecule has 1 atom stereocenters. The molecule has 1 aliphatic heterocycles. The Hall–Kier alpha value is -1.69. The van der Waals surface area contributed by atoms with Crippen LogP contribution in [0.4, 0.5) is 5.95 Å². The number of nitrogens with one attached hydrogen (secondary N) is 1. The van der Waals surface area contributed by atoms with E-state index in [1.807, 2.05) is 0 Å². The Labute approximate surface area is 87.0 Å². The Balaban J connectivity index is 2.22. The van der Waals surface area contributed by atoms with Gasteiger partial charge in [-0.15, -0.1) is 0 Å². The van der Waals surface area contributed by atoms with E-state index in [1.54, 1.807) is 23.4 Å². The van der Waals surface area contributed by atoms with Crippen molar-refractivity contribution in [3.63, 3.8) is 0 Å². The summed E-state index contributed by atoms with van der Waals surface area (Å²) in [4.78, 5) is 20.8. The lowest BCUT2D eigenvalue weighted by molar-refractivity contribution is -0.138. The van der Waals surface area contributed by atoms with Gasteiger partial charge in [0.25, 0.3) is 0 Å². The van der Waals surface area contributed by atoms with Crippen LogP contribution >= 0.6 is 0 Å². The fourth-order valence-corrected chi connectivity index (χ4v) is 1.60. The summed E-state index contributed by atoms with van der Waals surface area (Å²) >= 11 is 0. The molecule has 0 spiro atoms. The monoisotopic (exact) mass is 208 g/mol. The molecule has 6 nitrogen and oxygen atoms in total. The van der Waals surface area contributed by atoms with Gasteiger partial charge in [0.1, 0.15) is 6.04 Å². The van der Waals surface area contributed by atoms with Gasteiger partial charge in [-0.05, 0) is 6.07 Å². The highest BCUT2D eigenvalue weighted by Crippen LogP contribution is 2.11. The van der Waals surface area contributed by atoms with Crippen LogP contribution in [0.5, 0.6) is 0 Å². The Bertz CT molecular complexity index is 343. The number of piperazine rings is 1. The van der Waals surface area contributed by atoms with Crippen LogP contribution in [-0.4, -0.2) is 46.7 Å². The molecule has 1 aromatic rings. The minimum absolute atomic E-state index is 0.424. The van der Waals surface area contributed by atoms with Gasteiger partial charge in [-0.1, -0.05) is 0 Å². The molecule has 0 amide bonds. The van der Waals surface area contributed by atoms with E-state index in [0.717, 1.165) is 6.54 Å². The van der Waals surface area contributed by atoms with Gasteiger partial charge in [0.05, 0.1) is 0 Å². The second-order valence-corrected chi connectivity index (χ2v) is 3.30. The quantitative estimate of drug-likeness (QED) is 0.671. The van der Waals surface area contributed by atoms with Gasteiger partial charge in [0.15, 0.2) is 0 Å². The number of rotatable bonds is 2.